The number of likely N-dealkylation sites (tertiary alicyclic amines) is 2. The molecule has 2 aliphatic rings. The maximum Gasteiger partial charge on any atom is 0.303 e. The van der Waals surface area contributed by atoms with E-state index in [1.165, 1.54) is 0 Å². The van der Waals surface area contributed by atoms with Gasteiger partial charge in [-0.2, -0.15) is 0 Å². The zero-order valence-electron chi connectivity index (χ0n) is 11.7. The lowest BCUT2D eigenvalue weighted by atomic mass is 9.99. The first-order chi connectivity index (χ1) is 9.04. The number of carbonyl (C=O) groups excluding carboxylic acids is 1. The molecule has 0 saturated carbocycles. The van der Waals surface area contributed by atoms with Crippen molar-refractivity contribution in [3.8, 4) is 0 Å². The molecule has 0 radical (unpaired) electrons. The fraction of sp³-hybridized carbons (Fsp3) is 0.857. The van der Waals surface area contributed by atoms with E-state index in [2.05, 4.69) is 11.8 Å². The Bertz CT molecular complexity index is 338. The number of rotatable bonds is 4. The predicted molar refractivity (Wildman–Crippen MR) is 71.8 cm³/mol. The Balaban J connectivity index is 1.73. The van der Waals surface area contributed by atoms with Crippen molar-refractivity contribution in [1.82, 2.24) is 9.80 Å². The molecule has 5 nitrogen and oxygen atoms in total. The molecule has 2 fully saturated rings. The molecule has 1 amide bonds. The zero-order chi connectivity index (χ0) is 13.8. The first kappa shape index (κ1) is 14.3. The first-order valence-corrected chi connectivity index (χ1v) is 7.26. The van der Waals surface area contributed by atoms with Gasteiger partial charge in [-0.3, -0.25) is 14.5 Å². The van der Waals surface area contributed by atoms with E-state index in [1.54, 1.807) is 0 Å². The van der Waals surface area contributed by atoms with Crippen LogP contribution in [0.25, 0.3) is 0 Å². The van der Waals surface area contributed by atoms with Crippen molar-refractivity contribution in [1.29, 1.82) is 0 Å². The van der Waals surface area contributed by atoms with Crippen LogP contribution in [0, 0.1) is 11.8 Å². The fourth-order valence-corrected chi connectivity index (χ4v) is 3.02. The Morgan fingerprint density at radius 1 is 1.16 bits per heavy atom. The Morgan fingerprint density at radius 3 is 2.47 bits per heavy atom. The molecule has 0 aromatic heterocycles. The topological polar surface area (TPSA) is 60.9 Å². The van der Waals surface area contributed by atoms with Crippen molar-refractivity contribution in [3.05, 3.63) is 0 Å². The van der Waals surface area contributed by atoms with Gasteiger partial charge < -0.3 is 10.0 Å². The van der Waals surface area contributed by atoms with E-state index in [4.69, 9.17) is 5.11 Å². The standard InChI is InChI=1S/C14H24N2O3/c1-11-2-6-16(7-3-11)13(17)10-15-5-4-12(9-15)8-14(18)19/h11-12H,2-10H2,1H3,(H,18,19). The molecular weight excluding hydrogens is 244 g/mol. The summed E-state index contributed by atoms with van der Waals surface area (Å²) in [6.07, 6.45) is 3.34. The number of amides is 1. The number of carboxylic acid groups (broad SMARTS) is 1. The summed E-state index contributed by atoms with van der Waals surface area (Å²) in [5, 5.41) is 8.78. The summed E-state index contributed by atoms with van der Waals surface area (Å²) in [7, 11) is 0. The van der Waals surface area contributed by atoms with Crippen molar-refractivity contribution in [2.75, 3.05) is 32.7 Å². The number of aliphatic carboxylic acids is 1. The second-order valence-electron chi connectivity index (χ2n) is 6.05. The van der Waals surface area contributed by atoms with E-state index >= 15 is 0 Å². The molecule has 108 valence electrons. The number of piperidine rings is 1. The predicted octanol–water partition coefficient (Wildman–Crippen LogP) is 1.04. The van der Waals surface area contributed by atoms with Crippen LogP contribution >= 0.6 is 0 Å². The molecule has 1 atom stereocenters. The van der Waals surface area contributed by atoms with Gasteiger partial charge in [0, 0.05) is 26.1 Å². The van der Waals surface area contributed by atoms with Crippen molar-refractivity contribution >= 4 is 11.9 Å². The third kappa shape index (κ3) is 4.20. The average Bonchev–Trinajstić information content (AvgIpc) is 2.76. The summed E-state index contributed by atoms with van der Waals surface area (Å²) in [6, 6.07) is 0. The minimum Gasteiger partial charge on any atom is -0.481 e. The smallest absolute Gasteiger partial charge is 0.303 e. The third-order valence-corrected chi connectivity index (χ3v) is 4.33. The van der Waals surface area contributed by atoms with Crippen LogP contribution < -0.4 is 0 Å². The van der Waals surface area contributed by atoms with Gasteiger partial charge in [0.25, 0.3) is 0 Å². The summed E-state index contributed by atoms with van der Waals surface area (Å²) in [5.74, 6) is 0.425. The maximum absolute atomic E-state index is 12.2. The maximum atomic E-state index is 12.2. The van der Waals surface area contributed by atoms with Crippen LogP contribution in [-0.4, -0.2) is 59.5 Å². The van der Waals surface area contributed by atoms with Crippen LogP contribution in [0.1, 0.15) is 32.6 Å². The molecule has 2 heterocycles. The largest absolute Gasteiger partial charge is 0.481 e. The van der Waals surface area contributed by atoms with E-state index in [-0.39, 0.29) is 18.2 Å². The fourth-order valence-electron chi connectivity index (χ4n) is 3.02. The van der Waals surface area contributed by atoms with Gasteiger partial charge in [-0.1, -0.05) is 6.92 Å². The van der Waals surface area contributed by atoms with E-state index in [0.717, 1.165) is 51.4 Å². The minimum absolute atomic E-state index is 0.211. The zero-order valence-corrected chi connectivity index (χ0v) is 11.7. The van der Waals surface area contributed by atoms with Crippen molar-refractivity contribution in [2.45, 2.75) is 32.6 Å². The summed E-state index contributed by atoms with van der Waals surface area (Å²) in [6.45, 7) is 6.07. The van der Waals surface area contributed by atoms with Gasteiger partial charge in [0.15, 0.2) is 0 Å². The van der Waals surface area contributed by atoms with Crippen LogP contribution in [0.5, 0.6) is 0 Å². The van der Waals surface area contributed by atoms with Gasteiger partial charge in [-0.25, -0.2) is 0 Å². The highest BCUT2D eigenvalue weighted by Crippen LogP contribution is 2.20. The van der Waals surface area contributed by atoms with Gasteiger partial charge in [0.1, 0.15) is 0 Å². The molecule has 1 unspecified atom stereocenters. The second-order valence-corrected chi connectivity index (χ2v) is 6.05. The van der Waals surface area contributed by atoms with E-state index in [9.17, 15) is 9.59 Å². The Labute approximate surface area is 114 Å². The molecule has 5 heteroatoms. The monoisotopic (exact) mass is 268 g/mol. The normalized spacial score (nSPS) is 25.7. The summed E-state index contributed by atoms with van der Waals surface area (Å²) in [4.78, 5) is 26.9. The van der Waals surface area contributed by atoms with Crippen LogP contribution in [0.2, 0.25) is 0 Å². The quantitative estimate of drug-likeness (QED) is 0.827. The molecule has 2 rings (SSSR count). The van der Waals surface area contributed by atoms with Gasteiger partial charge >= 0.3 is 5.97 Å². The SMILES string of the molecule is CC1CCN(C(=O)CN2CCC(CC(=O)O)C2)CC1. The highest BCUT2D eigenvalue weighted by molar-refractivity contribution is 5.78. The summed E-state index contributed by atoms with van der Waals surface area (Å²) >= 11 is 0. The Hall–Kier alpha value is -1.10. The Morgan fingerprint density at radius 2 is 1.84 bits per heavy atom. The summed E-state index contributed by atoms with van der Waals surface area (Å²) in [5.41, 5.74) is 0. The molecule has 2 aliphatic heterocycles. The number of carboxylic acids is 1. The lowest BCUT2D eigenvalue weighted by Crippen LogP contribution is -2.43. The van der Waals surface area contributed by atoms with Gasteiger partial charge in [-0.05, 0) is 37.6 Å². The van der Waals surface area contributed by atoms with Crippen molar-refractivity contribution in [2.24, 2.45) is 11.8 Å². The molecule has 2 saturated heterocycles. The lowest BCUT2D eigenvalue weighted by Gasteiger charge is -2.31. The van der Waals surface area contributed by atoms with Gasteiger partial charge in [0.05, 0.1) is 6.54 Å². The van der Waals surface area contributed by atoms with Crippen LogP contribution in [0.4, 0.5) is 0 Å². The van der Waals surface area contributed by atoms with Gasteiger partial charge in [-0.15, -0.1) is 0 Å². The molecule has 19 heavy (non-hydrogen) atoms. The number of hydrogen-bond acceptors (Lipinski definition) is 3. The number of nitrogens with zero attached hydrogens (tertiary/aromatic N) is 2. The van der Waals surface area contributed by atoms with Crippen LogP contribution in [0.3, 0.4) is 0 Å². The van der Waals surface area contributed by atoms with E-state index in [1.807, 2.05) is 4.90 Å². The average molecular weight is 268 g/mol. The highest BCUT2D eigenvalue weighted by atomic mass is 16.4. The lowest BCUT2D eigenvalue weighted by molar-refractivity contribution is -0.138. The molecular formula is C14H24N2O3. The van der Waals surface area contributed by atoms with Crippen LogP contribution in [0.15, 0.2) is 0 Å². The van der Waals surface area contributed by atoms with Gasteiger partial charge in [0.2, 0.25) is 5.91 Å². The molecule has 0 spiro atoms. The second kappa shape index (κ2) is 6.37. The first-order valence-electron chi connectivity index (χ1n) is 7.26. The highest BCUT2D eigenvalue weighted by Gasteiger charge is 2.28. The number of hydrogen-bond donors (Lipinski definition) is 1. The Kier molecular flexibility index (Phi) is 4.80. The molecule has 0 aromatic rings. The molecule has 1 N–H and O–H groups in total. The van der Waals surface area contributed by atoms with Crippen molar-refractivity contribution < 1.29 is 14.7 Å². The number of carbonyl (C=O) groups is 2. The van der Waals surface area contributed by atoms with Crippen LogP contribution in [-0.2, 0) is 9.59 Å². The van der Waals surface area contributed by atoms with E-state index in [0.29, 0.717) is 6.54 Å². The summed E-state index contributed by atoms with van der Waals surface area (Å²) < 4.78 is 0. The molecule has 0 bridgehead atoms. The van der Waals surface area contributed by atoms with E-state index < -0.39 is 5.97 Å². The third-order valence-electron chi connectivity index (χ3n) is 4.33. The minimum atomic E-state index is -0.733. The van der Waals surface area contributed by atoms with Crippen molar-refractivity contribution in [3.63, 3.8) is 0 Å². The molecule has 0 aliphatic carbocycles. The molecule has 0 aromatic carbocycles.